The van der Waals surface area contributed by atoms with E-state index in [-0.39, 0.29) is 12.6 Å². The molecule has 0 amide bonds. The Balaban J connectivity index is 1.90. The van der Waals surface area contributed by atoms with Crippen molar-refractivity contribution in [1.29, 1.82) is 0 Å². The summed E-state index contributed by atoms with van der Waals surface area (Å²) in [6, 6.07) is 6.79. The van der Waals surface area contributed by atoms with Gasteiger partial charge in [0.15, 0.2) is 0 Å². The highest BCUT2D eigenvalue weighted by Crippen LogP contribution is 2.37. The minimum atomic E-state index is -3.57. The fourth-order valence-electron chi connectivity index (χ4n) is 2.86. The van der Waals surface area contributed by atoms with Gasteiger partial charge < -0.3 is 4.74 Å². The average molecular weight is 305 g/mol. The summed E-state index contributed by atoms with van der Waals surface area (Å²) in [4.78, 5) is 0.311. The third-order valence-electron chi connectivity index (χ3n) is 4.18. The molecule has 2 aliphatic rings. The predicted octanol–water partition coefficient (Wildman–Crippen LogP) is 1.68. The van der Waals surface area contributed by atoms with Gasteiger partial charge in [-0.05, 0) is 31.4 Å². The fourth-order valence-corrected chi connectivity index (χ4v) is 4.54. The van der Waals surface area contributed by atoms with E-state index < -0.39 is 16.0 Å². The Kier molecular flexibility index (Phi) is 4.12. The van der Waals surface area contributed by atoms with Gasteiger partial charge in [0.05, 0.1) is 26.0 Å². The molecule has 0 bridgehead atoms. The third-order valence-corrected chi connectivity index (χ3v) is 6.18. The molecular formula is C15H20BNO3S. The van der Waals surface area contributed by atoms with Gasteiger partial charge in [0.1, 0.15) is 0 Å². The van der Waals surface area contributed by atoms with E-state index in [9.17, 15) is 8.42 Å². The molecule has 3 rings (SSSR count). The van der Waals surface area contributed by atoms with Gasteiger partial charge in [-0.25, -0.2) is 8.42 Å². The second-order valence-electron chi connectivity index (χ2n) is 6.09. The molecule has 2 radical (unpaired) electrons. The lowest BCUT2D eigenvalue weighted by Gasteiger charge is -2.40. The smallest absolute Gasteiger partial charge is 0.243 e. The Morgan fingerprint density at radius 2 is 1.90 bits per heavy atom. The first-order chi connectivity index (χ1) is 9.98. The Hall–Kier alpha value is -0.845. The summed E-state index contributed by atoms with van der Waals surface area (Å²) in [5.74, 6) is 0.0217. The van der Waals surface area contributed by atoms with Crippen LogP contribution in [0.4, 0.5) is 0 Å². The summed E-state index contributed by atoms with van der Waals surface area (Å²) in [7, 11) is 2.47. The molecule has 1 saturated heterocycles. The Morgan fingerprint density at radius 3 is 2.52 bits per heavy atom. The lowest BCUT2D eigenvalue weighted by Crippen LogP contribution is -2.55. The average Bonchev–Trinajstić information content (AvgIpc) is 3.23. The van der Waals surface area contributed by atoms with Crippen molar-refractivity contribution in [3.8, 4) is 0 Å². The Bertz CT molecular complexity index is 598. The second kappa shape index (κ2) is 5.74. The molecule has 1 unspecified atom stereocenters. The van der Waals surface area contributed by atoms with Gasteiger partial charge in [-0.15, -0.1) is 0 Å². The highest BCUT2D eigenvalue weighted by atomic mass is 32.2. The van der Waals surface area contributed by atoms with Gasteiger partial charge in [0.25, 0.3) is 0 Å². The topological polar surface area (TPSA) is 46.6 Å². The number of aryl methyl sites for hydroxylation is 1. The van der Waals surface area contributed by atoms with E-state index in [1.807, 2.05) is 19.1 Å². The molecule has 1 aromatic rings. The minimum absolute atomic E-state index is 0.146. The largest absolute Gasteiger partial charge is 0.379 e. The molecule has 0 spiro atoms. The number of ether oxygens (including phenoxy) is 1. The van der Waals surface area contributed by atoms with Crippen LogP contribution in [0.25, 0.3) is 0 Å². The predicted molar refractivity (Wildman–Crippen MR) is 81.7 cm³/mol. The van der Waals surface area contributed by atoms with Crippen molar-refractivity contribution in [3.63, 3.8) is 0 Å². The molecule has 112 valence electrons. The van der Waals surface area contributed by atoms with Crippen molar-refractivity contribution in [2.45, 2.75) is 43.1 Å². The van der Waals surface area contributed by atoms with E-state index in [1.54, 1.807) is 12.1 Å². The first-order valence-corrected chi connectivity index (χ1v) is 8.86. The van der Waals surface area contributed by atoms with E-state index >= 15 is 0 Å². The van der Waals surface area contributed by atoms with E-state index in [1.165, 1.54) is 17.1 Å². The van der Waals surface area contributed by atoms with Gasteiger partial charge in [-0.2, -0.15) is 4.31 Å². The summed E-state index contributed by atoms with van der Waals surface area (Å²) >= 11 is 0. The van der Waals surface area contributed by atoms with Crippen molar-refractivity contribution in [3.05, 3.63) is 29.8 Å². The van der Waals surface area contributed by atoms with Crippen LogP contribution in [0.2, 0.25) is 0 Å². The van der Waals surface area contributed by atoms with E-state index in [0.29, 0.717) is 17.4 Å². The molecule has 21 heavy (non-hydrogen) atoms. The van der Waals surface area contributed by atoms with Crippen LogP contribution in [0, 0.1) is 12.8 Å². The molecule has 1 aliphatic heterocycles. The molecule has 0 aromatic heterocycles. The Morgan fingerprint density at radius 1 is 1.24 bits per heavy atom. The van der Waals surface area contributed by atoms with Crippen LogP contribution in [0.5, 0.6) is 0 Å². The van der Waals surface area contributed by atoms with Gasteiger partial charge in [0, 0.05) is 12.0 Å². The maximum absolute atomic E-state index is 12.9. The summed E-state index contributed by atoms with van der Waals surface area (Å²) in [6.07, 6.45) is 3.22. The zero-order valence-corrected chi connectivity index (χ0v) is 13.1. The fraction of sp³-hybridized carbons (Fsp3) is 0.600. The number of rotatable bonds is 4. The van der Waals surface area contributed by atoms with Crippen LogP contribution in [-0.2, 0) is 14.8 Å². The number of morpholine rings is 1. The Labute approximate surface area is 127 Å². The number of benzene rings is 1. The zero-order chi connectivity index (χ0) is 15.0. The molecule has 2 atom stereocenters. The number of nitrogens with zero attached hydrogens (tertiary/aromatic N) is 1. The van der Waals surface area contributed by atoms with Crippen LogP contribution >= 0.6 is 0 Å². The maximum Gasteiger partial charge on any atom is 0.243 e. The van der Waals surface area contributed by atoms with Gasteiger partial charge in [-0.1, -0.05) is 30.5 Å². The van der Waals surface area contributed by atoms with E-state index in [4.69, 9.17) is 12.6 Å². The first-order valence-electron chi connectivity index (χ1n) is 7.42. The molecule has 4 nitrogen and oxygen atoms in total. The summed E-state index contributed by atoms with van der Waals surface area (Å²) < 4.78 is 32.8. The van der Waals surface area contributed by atoms with Crippen molar-refractivity contribution in [1.82, 2.24) is 4.31 Å². The number of hydrogen-bond donors (Lipinski definition) is 0. The minimum Gasteiger partial charge on any atom is -0.379 e. The third kappa shape index (κ3) is 3.17. The molecule has 1 heterocycles. The van der Waals surface area contributed by atoms with Crippen molar-refractivity contribution >= 4 is 17.9 Å². The number of sulfonamides is 1. The highest BCUT2D eigenvalue weighted by Gasteiger charge is 2.40. The standard InChI is InChI=1S/C15H20BNO3S/c1-11-2-6-14(7-3-11)21(18,19)17-13(8-12-4-5-12)9-20-10-15(17)16/h2-3,6-7,12-13,15H,4-5,8-10H2,1H3/t13-,15?/m1/s1. The molecule has 1 saturated carbocycles. The van der Waals surface area contributed by atoms with Crippen LogP contribution in [0.15, 0.2) is 29.2 Å². The summed E-state index contributed by atoms with van der Waals surface area (Å²) in [6.45, 7) is 2.63. The summed E-state index contributed by atoms with van der Waals surface area (Å²) in [5.41, 5.74) is 1.04. The highest BCUT2D eigenvalue weighted by molar-refractivity contribution is 7.89. The zero-order valence-electron chi connectivity index (χ0n) is 12.2. The van der Waals surface area contributed by atoms with E-state index in [2.05, 4.69) is 0 Å². The molecular weight excluding hydrogens is 285 g/mol. The van der Waals surface area contributed by atoms with E-state index in [0.717, 1.165) is 12.0 Å². The lowest BCUT2D eigenvalue weighted by molar-refractivity contribution is 0.0143. The molecule has 0 N–H and O–H groups in total. The monoisotopic (exact) mass is 305 g/mol. The van der Waals surface area contributed by atoms with Crippen molar-refractivity contribution in [2.75, 3.05) is 13.2 Å². The maximum atomic E-state index is 12.9. The van der Waals surface area contributed by atoms with Gasteiger partial charge in [0.2, 0.25) is 10.0 Å². The first kappa shape index (κ1) is 15.1. The normalized spacial score (nSPS) is 27.7. The van der Waals surface area contributed by atoms with Gasteiger partial charge >= 0.3 is 0 Å². The lowest BCUT2D eigenvalue weighted by atomic mass is 9.94. The molecule has 1 aliphatic carbocycles. The van der Waals surface area contributed by atoms with Gasteiger partial charge in [-0.3, -0.25) is 0 Å². The van der Waals surface area contributed by atoms with Crippen LogP contribution in [-0.4, -0.2) is 45.8 Å². The second-order valence-corrected chi connectivity index (χ2v) is 7.93. The van der Waals surface area contributed by atoms with Crippen molar-refractivity contribution < 1.29 is 13.2 Å². The molecule has 2 fully saturated rings. The van der Waals surface area contributed by atoms with Crippen LogP contribution < -0.4 is 0 Å². The van der Waals surface area contributed by atoms with Crippen molar-refractivity contribution in [2.24, 2.45) is 5.92 Å². The quantitative estimate of drug-likeness (QED) is 0.795. The molecule has 1 aromatic carbocycles. The van der Waals surface area contributed by atoms with Crippen LogP contribution in [0.1, 0.15) is 24.8 Å². The number of hydrogen-bond acceptors (Lipinski definition) is 3. The molecule has 6 heteroatoms. The van der Waals surface area contributed by atoms with Crippen LogP contribution in [0.3, 0.4) is 0 Å². The SMILES string of the molecule is [B]C1COC[C@@H](CC2CC2)N1S(=O)(=O)c1ccc(C)cc1. The summed E-state index contributed by atoms with van der Waals surface area (Å²) in [5, 5.41) is 0.